The zero-order valence-corrected chi connectivity index (χ0v) is 11.8. The third kappa shape index (κ3) is 3.73. The van der Waals surface area contributed by atoms with Crippen LogP contribution in [0.2, 0.25) is 0 Å². The van der Waals surface area contributed by atoms with Crippen LogP contribution in [0.4, 0.5) is 14.9 Å². The lowest BCUT2D eigenvalue weighted by atomic mass is 10.2. The van der Waals surface area contributed by atoms with E-state index in [1.54, 1.807) is 0 Å². The molecule has 0 aliphatic carbocycles. The average molecular weight is 317 g/mol. The number of nitrogens with one attached hydrogen (secondary N) is 1. The summed E-state index contributed by atoms with van der Waals surface area (Å²) in [5, 5.41) is 2.05. The van der Waals surface area contributed by atoms with E-state index in [-0.39, 0.29) is 24.2 Å². The van der Waals surface area contributed by atoms with Crippen molar-refractivity contribution in [1.29, 1.82) is 0 Å². The maximum atomic E-state index is 13.9. The second-order valence-electron chi connectivity index (χ2n) is 4.33. The molecule has 3 amide bonds. The predicted molar refractivity (Wildman–Crippen MR) is 69.3 cm³/mol. The standard InChI is InChI=1S/C11H12FN3O5S/c1-21(18,19)20-6-7-2-4-13-10(12)9(7)15-5-3-8(16)14-11(15)17/h2,4H,3,5-6H2,1H3,(H,14,16,17). The highest BCUT2D eigenvalue weighted by molar-refractivity contribution is 7.85. The maximum Gasteiger partial charge on any atom is 0.328 e. The molecule has 2 rings (SSSR count). The van der Waals surface area contributed by atoms with Crippen molar-refractivity contribution in [2.75, 3.05) is 17.7 Å². The molecular formula is C11H12FN3O5S. The van der Waals surface area contributed by atoms with Crippen molar-refractivity contribution in [3.63, 3.8) is 0 Å². The number of hydrogen-bond donors (Lipinski definition) is 1. The van der Waals surface area contributed by atoms with Gasteiger partial charge in [0, 0.05) is 24.7 Å². The first-order valence-electron chi connectivity index (χ1n) is 5.87. The van der Waals surface area contributed by atoms with E-state index in [1.165, 1.54) is 6.07 Å². The van der Waals surface area contributed by atoms with Gasteiger partial charge in [-0.05, 0) is 6.07 Å². The van der Waals surface area contributed by atoms with Crippen LogP contribution in [-0.2, 0) is 25.7 Å². The summed E-state index contributed by atoms with van der Waals surface area (Å²) in [6.45, 7) is -0.468. The molecule has 0 atom stereocenters. The molecule has 2 heterocycles. The van der Waals surface area contributed by atoms with Gasteiger partial charge in [-0.1, -0.05) is 0 Å². The van der Waals surface area contributed by atoms with E-state index < -0.39 is 34.6 Å². The summed E-state index contributed by atoms with van der Waals surface area (Å²) in [5.74, 6) is -1.41. The molecule has 1 aromatic heterocycles. The van der Waals surface area contributed by atoms with Gasteiger partial charge in [0.05, 0.1) is 12.9 Å². The molecule has 1 fully saturated rings. The Hall–Kier alpha value is -2.07. The number of imide groups is 1. The first-order chi connectivity index (χ1) is 9.78. The molecule has 0 saturated carbocycles. The van der Waals surface area contributed by atoms with Gasteiger partial charge in [0.15, 0.2) is 0 Å². The Morgan fingerprint density at radius 3 is 2.81 bits per heavy atom. The van der Waals surface area contributed by atoms with Gasteiger partial charge in [-0.3, -0.25) is 19.2 Å². The minimum absolute atomic E-state index is 0.00640. The van der Waals surface area contributed by atoms with Crippen LogP contribution < -0.4 is 10.2 Å². The largest absolute Gasteiger partial charge is 0.328 e. The summed E-state index contributed by atoms with van der Waals surface area (Å²) in [5.41, 5.74) is -0.0661. The number of halogens is 1. The molecule has 8 nitrogen and oxygen atoms in total. The number of carbonyl (C=O) groups is 2. The van der Waals surface area contributed by atoms with E-state index in [9.17, 15) is 22.4 Å². The number of aromatic nitrogens is 1. The van der Waals surface area contributed by atoms with Crippen molar-refractivity contribution in [2.24, 2.45) is 0 Å². The van der Waals surface area contributed by atoms with Crippen LogP contribution in [0, 0.1) is 5.95 Å². The Morgan fingerprint density at radius 2 is 2.19 bits per heavy atom. The van der Waals surface area contributed by atoms with Crippen molar-refractivity contribution in [2.45, 2.75) is 13.0 Å². The van der Waals surface area contributed by atoms with Gasteiger partial charge in [-0.15, -0.1) is 0 Å². The number of anilines is 1. The minimum atomic E-state index is -3.72. The van der Waals surface area contributed by atoms with Crippen molar-refractivity contribution in [1.82, 2.24) is 10.3 Å². The quantitative estimate of drug-likeness (QED) is 0.625. The summed E-state index contributed by atoms with van der Waals surface area (Å²) in [6.07, 6.45) is 2.00. The second-order valence-corrected chi connectivity index (χ2v) is 5.97. The molecule has 10 heteroatoms. The highest BCUT2D eigenvalue weighted by Crippen LogP contribution is 2.25. The van der Waals surface area contributed by atoms with Crippen LogP contribution >= 0.6 is 0 Å². The van der Waals surface area contributed by atoms with Gasteiger partial charge >= 0.3 is 6.03 Å². The van der Waals surface area contributed by atoms with Gasteiger partial charge in [-0.25, -0.2) is 9.78 Å². The smallest absolute Gasteiger partial charge is 0.289 e. The molecule has 0 bridgehead atoms. The normalized spacial score (nSPS) is 16.0. The van der Waals surface area contributed by atoms with Crippen molar-refractivity contribution in [3.05, 3.63) is 23.8 Å². The maximum absolute atomic E-state index is 13.9. The molecule has 1 N–H and O–H groups in total. The monoisotopic (exact) mass is 317 g/mol. The fourth-order valence-electron chi connectivity index (χ4n) is 1.81. The Kier molecular flexibility index (Phi) is 4.19. The highest BCUT2D eigenvalue weighted by atomic mass is 32.2. The van der Waals surface area contributed by atoms with Crippen LogP contribution in [0.5, 0.6) is 0 Å². The third-order valence-corrected chi connectivity index (χ3v) is 3.26. The molecular weight excluding hydrogens is 305 g/mol. The van der Waals surface area contributed by atoms with Gasteiger partial charge in [0.1, 0.15) is 5.69 Å². The van der Waals surface area contributed by atoms with E-state index in [0.717, 1.165) is 17.4 Å². The summed E-state index contributed by atoms with van der Waals surface area (Å²) < 4.78 is 40.5. The van der Waals surface area contributed by atoms with Gasteiger partial charge in [0.25, 0.3) is 10.1 Å². The Balaban J connectivity index is 2.33. The topological polar surface area (TPSA) is 106 Å². The summed E-state index contributed by atoms with van der Waals surface area (Å²) in [6, 6.07) is 0.548. The summed E-state index contributed by atoms with van der Waals surface area (Å²) in [7, 11) is -3.72. The van der Waals surface area contributed by atoms with E-state index in [2.05, 4.69) is 9.17 Å². The van der Waals surface area contributed by atoms with Gasteiger partial charge in [-0.2, -0.15) is 12.8 Å². The lowest BCUT2D eigenvalue weighted by Gasteiger charge is -2.28. The van der Waals surface area contributed by atoms with E-state index in [4.69, 9.17) is 0 Å². The average Bonchev–Trinajstić information content (AvgIpc) is 2.37. The van der Waals surface area contributed by atoms with Crippen molar-refractivity contribution < 1.29 is 26.6 Å². The zero-order chi connectivity index (χ0) is 15.6. The molecule has 0 spiro atoms. The fourth-order valence-corrected chi connectivity index (χ4v) is 2.16. The zero-order valence-electron chi connectivity index (χ0n) is 11.0. The molecule has 0 unspecified atom stereocenters. The van der Waals surface area contributed by atoms with Crippen LogP contribution in [0.25, 0.3) is 0 Å². The van der Waals surface area contributed by atoms with E-state index in [1.807, 2.05) is 5.32 Å². The lowest BCUT2D eigenvalue weighted by Crippen LogP contribution is -2.50. The Morgan fingerprint density at radius 1 is 1.48 bits per heavy atom. The number of rotatable bonds is 4. The number of carbonyl (C=O) groups excluding carboxylic acids is 2. The van der Waals surface area contributed by atoms with Crippen LogP contribution in [0.15, 0.2) is 12.3 Å². The molecule has 0 aromatic carbocycles. The molecule has 21 heavy (non-hydrogen) atoms. The van der Waals surface area contributed by atoms with E-state index >= 15 is 0 Å². The molecule has 1 saturated heterocycles. The van der Waals surface area contributed by atoms with Crippen molar-refractivity contribution in [3.8, 4) is 0 Å². The summed E-state index contributed by atoms with van der Waals surface area (Å²) in [4.78, 5) is 27.3. The first kappa shape index (κ1) is 15.3. The van der Waals surface area contributed by atoms with Gasteiger partial charge in [0.2, 0.25) is 11.9 Å². The minimum Gasteiger partial charge on any atom is -0.289 e. The van der Waals surface area contributed by atoms with Crippen LogP contribution in [0.3, 0.4) is 0 Å². The fraction of sp³-hybridized carbons (Fsp3) is 0.364. The second kappa shape index (κ2) is 5.74. The number of pyridine rings is 1. The number of hydrogen-bond acceptors (Lipinski definition) is 6. The third-order valence-electron chi connectivity index (χ3n) is 2.72. The molecule has 1 aromatic rings. The Bertz CT molecular complexity index is 691. The SMILES string of the molecule is CS(=O)(=O)OCc1ccnc(F)c1N1CCC(=O)NC1=O. The number of nitrogens with zero attached hydrogens (tertiary/aromatic N) is 2. The molecule has 114 valence electrons. The number of amides is 3. The number of urea groups is 1. The van der Waals surface area contributed by atoms with Crippen molar-refractivity contribution >= 4 is 27.7 Å². The Labute approximate surface area is 120 Å². The van der Waals surface area contributed by atoms with Gasteiger partial charge < -0.3 is 0 Å². The van der Waals surface area contributed by atoms with E-state index in [0.29, 0.717) is 0 Å². The molecule has 1 aliphatic heterocycles. The van der Waals surface area contributed by atoms with Crippen LogP contribution in [0.1, 0.15) is 12.0 Å². The molecule has 0 radical (unpaired) electrons. The summed E-state index contributed by atoms with van der Waals surface area (Å²) >= 11 is 0. The molecule has 1 aliphatic rings. The first-order valence-corrected chi connectivity index (χ1v) is 7.69. The van der Waals surface area contributed by atoms with Crippen LogP contribution in [-0.4, -0.2) is 38.1 Å². The predicted octanol–water partition coefficient (Wildman–Crippen LogP) is 0.143. The highest BCUT2D eigenvalue weighted by Gasteiger charge is 2.29. The lowest BCUT2D eigenvalue weighted by molar-refractivity contribution is -0.120.